The molecule has 2 N–H and O–H groups in total. The van der Waals surface area contributed by atoms with Gasteiger partial charge in [0.1, 0.15) is 5.76 Å². The summed E-state index contributed by atoms with van der Waals surface area (Å²) in [5.74, 6) is -0.372. The third-order valence-corrected chi connectivity index (χ3v) is 2.23. The Balaban J connectivity index is 2.64. The van der Waals surface area contributed by atoms with Gasteiger partial charge in [-0.3, -0.25) is 9.59 Å². The number of ether oxygens (including phenoxy) is 2. The molecular formula is C11H17NO4. The summed E-state index contributed by atoms with van der Waals surface area (Å²) < 4.78 is 10.2. The molecule has 2 unspecified atom stereocenters. The van der Waals surface area contributed by atoms with E-state index in [0.717, 1.165) is 0 Å². The van der Waals surface area contributed by atoms with Gasteiger partial charge in [-0.25, -0.2) is 0 Å². The van der Waals surface area contributed by atoms with Crippen molar-refractivity contribution in [1.29, 1.82) is 0 Å². The average Bonchev–Trinajstić information content (AvgIpc) is 2.44. The molecule has 0 fully saturated rings. The van der Waals surface area contributed by atoms with Crippen LogP contribution in [0, 0.1) is 0 Å². The van der Waals surface area contributed by atoms with Gasteiger partial charge in [0, 0.05) is 6.04 Å². The van der Waals surface area contributed by atoms with Crippen molar-refractivity contribution in [3.05, 3.63) is 11.5 Å². The number of carbonyl (C=O) groups excluding carboxylic acids is 2. The summed E-state index contributed by atoms with van der Waals surface area (Å²) in [6, 6.07) is -0.284. The fourth-order valence-corrected chi connectivity index (χ4v) is 1.45. The van der Waals surface area contributed by atoms with Crippen LogP contribution in [-0.4, -0.2) is 23.9 Å². The SMILES string of the molecule is CCC1OC(C)=C(OC(=O)CC(C)N)C1=O. The van der Waals surface area contributed by atoms with Crippen molar-refractivity contribution in [2.45, 2.75) is 45.8 Å². The van der Waals surface area contributed by atoms with E-state index in [2.05, 4.69) is 0 Å². The van der Waals surface area contributed by atoms with Crippen molar-refractivity contribution < 1.29 is 19.1 Å². The van der Waals surface area contributed by atoms with Crippen molar-refractivity contribution in [1.82, 2.24) is 0 Å². The quantitative estimate of drug-likeness (QED) is 0.721. The maximum atomic E-state index is 11.7. The zero-order chi connectivity index (χ0) is 12.3. The largest absolute Gasteiger partial charge is 0.483 e. The molecule has 90 valence electrons. The van der Waals surface area contributed by atoms with Gasteiger partial charge in [-0.1, -0.05) is 6.92 Å². The highest BCUT2D eigenvalue weighted by Gasteiger charge is 2.34. The fraction of sp³-hybridized carbons (Fsp3) is 0.636. The molecule has 1 rings (SSSR count). The van der Waals surface area contributed by atoms with Gasteiger partial charge in [-0.2, -0.15) is 0 Å². The van der Waals surface area contributed by atoms with E-state index in [1.807, 2.05) is 6.92 Å². The van der Waals surface area contributed by atoms with Crippen LogP contribution in [0.25, 0.3) is 0 Å². The molecule has 0 spiro atoms. The highest BCUT2D eigenvalue weighted by Crippen LogP contribution is 2.24. The van der Waals surface area contributed by atoms with Crippen LogP contribution in [0.3, 0.4) is 0 Å². The third-order valence-electron chi connectivity index (χ3n) is 2.23. The Morgan fingerprint density at radius 1 is 1.62 bits per heavy atom. The lowest BCUT2D eigenvalue weighted by atomic mass is 10.2. The first kappa shape index (κ1) is 12.7. The van der Waals surface area contributed by atoms with Crippen molar-refractivity contribution in [2.24, 2.45) is 5.73 Å². The van der Waals surface area contributed by atoms with E-state index >= 15 is 0 Å². The molecule has 0 saturated carbocycles. The number of hydrogen-bond donors (Lipinski definition) is 1. The lowest BCUT2D eigenvalue weighted by molar-refractivity contribution is -0.143. The van der Waals surface area contributed by atoms with Crippen LogP contribution in [-0.2, 0) is 19.1 Å². The first-order valence-corrected chi connectivity index (χ1v) is 5.33. The van der Waals surface area contributed by atoms with E-state index in [0.29, 0.717) is 12.2 Å². The molecule has 1 aliphatic rings. The minimum absolute atomic E-state index is 0.0255. The predicted molar refractivity (Wildman–Crippen MR) is 57.2 cm³/mol. The normalized spacial score (nSPS) is 22.0. The zero-order valence-corrected chi connectivity index (χ0v) is 9.78. The summed E-state index contributed by atoms with van der Waals surface area (Å²) in [5, 5.41) is 0. The van der Waals surface area contributed by atoms with Crippen molar-refractivity contribution in [3.8, 4) is 0 Å². The molecule has 0 bridgehead atoms. The summed E-state index contributed by atoms with van der Waals surface area (Å²) in [7, 11) is 0. The number of esters is 1. The lowest BCUT2D eigenvalue weighted by Crippen LogP contribution is -2.23. The van der Waals surface area contributed by atoms with E-state index in [1.54, 1.807) is 13.8 Å². The molecule has 0 aromatic heterocycles. The number of rotatable bonds is 4. The van der Waals surface area contributed by atoms with Crippen molar-refractivity contribution >= 4 is 11.8 Å². The van der Waals surface area contributed by atoms with E-state index in [4.69, 9.17) is 15.2 Å². The Hall–Kier alpha value is -1.36. The Morgan fingerprint density at radius 3 is 2.69 bits per heavy atom. The van der Waals surface area contributed by atoms with E-state index < -0.39 is 12.1 Å². The van der Waals surface area contributed by atoms with Gasteiger partial charge in [0.05, 0.1) is 6.42 Å². The molecule has 5 nitrogen and oxygen atoms in total. The zero-order valence-electron chi connectivity index (χ0n) is 9.78. The minimum atomic E-state index is -0.516. The van der Waals surface area contributed by atoms with Crippen LogP contribution < -0.4 is 5.73 Å². The first-order valence-electron chi connectivity index (χ1n) is 5.33. The van der Waals surface area contributed by atoms with Gasteiger partial charge in [-0.15, -0.1) is 0 Å². The molecule has 0 radical (unpaired) electrons. The second-order valence-electron chi connectivity index (χ2n) is 3.92. The van der Waals surface area contributed by atoms with Gasteiger partial charge in [-0.05, 0) is 20.3 Å². The number of carbonyl (C=O) groups is 2. The Bertz CT molecular complexity index is 333. The Morgan fingerprint density at radius 2 is 2.25 bits per heavy atom. The van der Waals surface area contributed by atoms with Crippen LogP contribution in [0.15, 0.2) is 11.5 Å². The maximum absolute atomic E-state index is 11.7. The molecule has 0 aromatic carbocycles. The summed E-state index contributed by atoms with van der Waals surface area (Å²) >= 11 is 0. The van der Waals surface area contributed by atoms with Crippen LogP contribution in [0.1, 0.15) is 33.6 Å². The van der Waals surface area contributed by atoms with Gasteiger partial charge >= 0.3 is 5.97 Å². The second kappa shape index (κ2) is 5.12. The summed E-state index contributed by atoms with van der Waals surface area (Å²) in [6.45, 7) is 5.15. The highest BCUT2D eigenvalue weighted by atomic mass is 16.6. The van der Waals surface area contributed by atoms with Gasteiger partial charge < -0.3 is 15.2 Å². The summed E-state index contributed by atoms with van der Waals surface area (Å²) in [4.78, 5) is 23.0. The molecular weight excluding hydrogens is 210 g/mol. The molecule has 16 heavy (non-hydrogen) atoms. The molecule has 5 heteroatoms. The van der Waals surface area contributed by atoms with Crippen LogP contribution in [0.2, 0.25) is 0 Å². The van der Waals surface area contributed by atoms with E-state index in [9.17, 15) is 9.59 Å². The van der Waals surface area contributed by atoms with E-state index in [-0.39, 0.29) is 24.0 Å². The maximum Gasteiger partial charge on any atom is 0.312 e. The van der Waals surface area contributed by atoms with Crippen molar-refractivity contribution in [2.75, 3.05) is 0 Å². The molecule has 1 heterocycles. The van der Waals surface area contributed by atoms with Gasteiger partial charge in [0.15, 0.2) is 6.10 Å². The predicted octanol–water partition coefficient (Wildman–Crippen LogP) is 0.876. The van der Waals surface area contributed by atoms with E-state index in [1.165, 1.54) is 0 Å². The number of nitrogens with two attached hydrogens (primary N) is 1. The Kier molecular flexibility index (Phi) is 4.06. The monoisotopic (exact) mass is 227 g/mol. The van der Waals surface area contributed by atoms with Crippen LogP contribution in [0.4, 0.5) is 0 Å². The average molecular weight is 227 g/mol. The molecule has 0 amide bonds. The topological polar surface area (TPSA) is 78.6 Å². The first-order chi connectivity index (χ1) is 7.45. The number of Topliss-reactive ketones (excluding diaryl/α,β-unsaturated/α-hetero) is 1. The molecule has 0 aromatic rings. The number of allylic oxidation sites excluding steroid dienone is 1. The third kappa shape index (κ3) is 2.82. The number of hydrogen-bond acceptors (Lipinski definition) is 5. The van der Waals surface area contributed by atoms with Gasteiger partial charge in [0.2, 0.25) is 11.5 Å². The molecule has 0 aliphatic carbocycles. The van der Waals surface area contributed by atoms with Crippen LogP contribution in [0.5, 0.6) is 0 Å². The number of ketones is 1. The summed E-state index contributed by atoms with van der Waals surface area (Å²) in [5.41, 5.74) is 5.46. The summed E-state index contributed by atoms with van der Waals surface area (Å²) in [6.07, 6.45) is 0.129. The molecule has 2 atom stereocenters. The smallest absolute Gasteiger partial charge is 0.312 e. The van der Waals surface area contributed by atoms with Gasteiger partial charge in [0.25, 0.3) is 0 Å². The molecule has 0 saturated heterocycles. The fourth-order valence-electron chi connectivity index (χ4n) is 1.45. The second-order valence-corrected chi connectivity index (χ2v) is 3.92. The van der Waals surface area contributed by atoms with Crippen LogP contribution >= 0.6 is 0 Å². The minimum Gasteiger partial charge on any atom is -0.483 e. The lowest BCUT2D eigenvalue weighted by Gasteiger charge is -2.06. The highest BCUT2D eigenvalue weighted by molar-refractivity contribution is 6.01. The Labute approximate surface area is 94.6 Å². The standard InChI is InChI=1S/C11H17NO4/c1-4-8-10(14)11(7(3)15-8)16-9(13)5-6(2)12/h6,8H,4-5,12H2,1-3H3. The van der Waals surface area contributed by atoms with Crippen molar-refractivity contribution in [3.63, 3.8) is 0 Å². The molecule has 1 aliphatic heterocycles.